The van der Waals surface area contributed by atoms with Gasteiger partial charge in [0, 0.05) is 13.1 Å². The molecule has 1 aromatic rings. The van der Waals surface area contributed by atoms with Gasteiger partial charge in [0.2, 0.25) is 11.8 Å². The molecule has 112 valence electrons. The summed E-state index contributed by atoms with van der Waals surface area (Å²) >= 11 is 0. The van der Waals surface area contributed by atoms with Crippen LogP contribution in [-0.4, -0.2) is 34.2 Å². The highest BCUT2D eigenvalue weighted by Gasteiger charge is 2.31. The van der Waals surface area contributed by atoms with Crippen LogP contribution in [0.15, 0.2) is 0 Å². The van der Waals surface area contributed by atoms with E-state index in [2.05, 4.69) is 20.6 Å². The van der Waals surface area contributed by atoms with E-state index in [1.807, 2.05) is 0 Å². The Hall–Kier alpha value is -2.13. The summed E-state index contributed by atoms with van der Waals surface area (Å²) in [5.74, 6) is -0.140. The van der Waals surface area contributed by atoms with Crippen molar-refractivity contribution in [1.29, 1.82) is 0 Å². The topological polar surface area (TPSA) is 93.0 Å². The fourth-order valence-electron chi connectivity index (χ4n) is 1.63. The monoisotopic (exact) mass is 293 g/mol. The first-order valence-corrected chi connectivity index (χ1v) is 5.68. The third-order valence-corrected chi connectivity index (χ3v) is 2.39. The van der Waals surface area contributed by atoms with Crippen LogP contribution in [0.3, 0.4) is 0 Å². The molecule has 1 heterocycles. The average Bonchev–Trinajstić information content (AvgIpc) is 2.24. The minimum atomic E-state index is -4.37. The molecule has 2 N–H and O–H groups in total. The molecular formula is C10H14F3N5O2. The predicted molar refractivity (Wildman–Crippen MR) is 66.7 cm³/mol. The zero-order chi connectivity index (χ0) is 15.5. The van der Waals surface area contributed by atoms with E-state index in [1.54, 1.807) is 0 Å². The highest BCUT2D eigenvalue weighted by molar-refractivity contribution is 5.61. The fourth-order valence-corrected chi connectivity index (χ4v) is 1.63. The molecule has 20 heavy (non-hydrogen) atoms. The zero-order valence-corrected chi connectivity index (χ0v) is 11.1. The standard InChI is InChI=1S/C10H14F3N5O2/c1-5(4-10(11,12)13)15-8-7(18(19)20)6(2)16-9(14-3)17-8/h5H,4H2,1-3H3,(H2,14,15,16,17). The number of anilines is 2. The molecule has 0 saturated carbocycles. The summed E-state index contributed by atoms with van der Waals surface area (Å²) in [7, 11) is 1.50. The number of hydrogen-bond donors (Lipinski definition) is 2. The van der Waals surface area contributed by atoms with Gasteiger partial charge < -0.3 is 10.6 Å². The van der Waals surface area contributed by atoms with Crippen LogP contribution >= 0.6 is 0 Å². The molecule has 0 radical (unpaired) electrons. The molecule has 0 aliphatic rings. The van der Waals surface area contributed by atoms with Gasteiger partial charge in [0.1, 0.15) is 5.69 Å². The molecule has 0 bridgehead atoms. The van der Waals surface area contributed by atoms with Crippen molar-refractivity contribution in [3.63, 3.8) is 0 Å². The molecule has 0 aliphatic heterocycles. The Labute approximate surface area is 112 Å². The first-order chi connectivity index (χ1) is 9.14. The normalized spacial score (nSPS) is 12.9. The molecule has 1 aromatic heterocycles. The number of nitrogens with zero attached hydrogens (tertiary/aromatic N) is 3. The van der Waals surface area contributed by atoms with Crippen molar-refractivity contribution in [2.45, 2.75) is 32.5 Å². The summed E-state index contributed by atoms with van der Waals surface area (Å²) < 4.78 is 36.8. The average molecular weight is 293 g/mol. The van der Waals surface area contributed by atoms with Gasteiger partial charge in [0.25, 0.3) is 0 Å². The largest absolute Gasteiger partial charge is 0.391 e. The molecular weight excluding hydrogens is 279 g/mol. The lowest BCUT2D eigenvalue weighted by Gasteiger charge is -2.17. The summed E-state index contributed by atoms with van der Waals surface area (Å²) in [6, 6.07) is -1.05. The van der Waals surface area contributed by atoms with Crippen molar-refractivity contribution in [2.24, 2.45) is 0 Å². The van der Waals surface area contributed by atoms with Crippen LogP contribution < -0.4 is 10.6 Å². The molecule has 1 rings (SSSR count). The summed E-state index contributed by atoms with van der Waals surface area (Å²) in [5, 5.41) is 16.0. The van der Waals surface area contributed by atoms with Crippen molar-refractivity contribution in [1.82, 2.24) is 9.97 Å². The maximum atomic E-state index is 12.3. The van der Waals surface area contributed by atoms with Gasteiger partial charge >= 0.3 is 11.9 Å². The van der Waals surface area contributed by atoms with Crippen molar-refractivity contribution in [2.75, 3.05) is 17.7 Å². The maximum absolute atomic E-state index is 12.3. The third kappa shape index (κ3) is 4.21. The molecule has 0 amide bonds. The summed E-state index contributed by atoms with van der Waals surface area (Å²) in [6.45, 7) is 2.66. The Kier molecular flexibility index (Phi) is 4.69. The molecule has 1 unspecified atom stereocenters. The Bertz CT molecular complexity index is 506. The second-order valence-corrected chi connectivity index (χ2v) is 4.20. The first-order valence-electron chi connectivity index (χ1n) is 5.68. The number of nitrogens with one attached hydrogen (secondary N) is 2. The van der Waals surface area contributed by atoms with E-state index in [1.165, 1.54) is 20.9 Å². The fraction of sp³-hybridized carbons (Fsp3) is 0.600. The zero-order valence-electron chi connectivity index (χ0n) is 11.1. The predicted octanol–water partition coefficient (Wildman–Crippen LogP) is 2.49. The van der Waals surface area contributed by atoms with Crippen LogP contribution in [0.25, 0.3) is 0 Å². The van der Waals surface area contributed by atoms with E-state index in [-0.39, 0.29) is 17.5 Å². The number of hydrogen-bond acceptors (Lipinski definition) is 6. The molecule has 0 aliphatic carbocycles. The SMILES string of the molecule is CNc1nc(C)c([N+](=O)[O-])c(NC(C)CC(F)(F)F)n1. The van der Waals surface area contributed by atoms with Crippen molar-refractivity contribution in [3.05, 3.63) is 15.8 Å². The van der Waals surface area contributed by atoms with E-state index in [9.17, 15) is 23.3 Å². The number of aromatic nitrogens is 2. The van der Waals surface area contributed by atoms with Gasteiger partial charge in [0.15, 0.2) is 0 Å². The molecule has 0 saturated heterocycles. The third-order valence-electron chi connectivity index (χ3n) is 2.39. The maximum Gasteiger partial charge on any atom is 0.391 e. The van der Waals surface area contributed by atoms with E-state index in [0.717, 1.165) is 0 Å². The van der Waals surface area contributed by atoms with Crippen molar-refractivity contribution >= 4 is 17.5 Å². The minimum absolute atomic E-state index is 0.0658. The molecule has 0 spiro atoms. The van der Waals surface area contributed by atoms with E-state index < -0.39 is 29.2 Å². The Morgan fingerprint density at radius 3 is 2.45 bits per heavy atom. The lowest BCUT2D eigenvalue weighted by atomic mass is 10.2. The van der Waals surface area contributed by atoms with Crippen LogP contribution in [0.4, 0.5) is 30.6 Å². The molecule has 1 atom stereocenters. The highest BCUT2D eigenvalue weighted by atomic mass is 19.4. The summed E-state index contributed by atoms with van der Waals surface area (Å²) in [5.41, 5.74) is -0.367. The number of nitro groups is 1. The number of halogens is 3. The molecule has 0 fully saturated rings. The van der Waals surface area contributed by atoms with Crippen LogP contribution in [0.1, 0.15) is 19.0 Å². The van der Waals surface area contributed by atoms with Gasteiger partial charge in [-0.3, -0.25) is 10.1 Å². The summed E-state index contributed by atoms with van der Waals surface area (Å²) in [6.07, 6.45) is -5.49. The lowest BCUT2D eigenvalue weighted by Crippen LogP contribution is -2.25. The quantitative estimate of drug-likeness (QED) is 0.640. The van der Waals surface area contributed by atoms with Gasteiger partial charge in [-0.15, -0.1) is 0 Å². The van der Waals surface area contributed by atoms with E-state index in [4.69, 9.17) is 0 Å². The molecule has 10 heteroatoms. The van der Waals surface area contributed by atoms with Crippen molar-refractivity contribution < 1.29 is 18.1 Å². The smallest absolute Gasteiger partial charge is 0.361 e. The summed E-state index contributed by atoms with van der Waals surface area (Å²) in [4.78, 5) is 17.9. The number of rotatable bonds is 5. The first kappa shape index (κ1) is 15.9. The van der Waals surface area contributed by atoms with Gasteiger partial charge in [-0.05, 0) is 13.8 Å². The Balaban J connectivity index is 3.09. The van der Waals surface area contributed by atoms with E-state index in [0.29, 0.717) is 0 Å². The van der Waals surface area contributed by atoms with Gasteiger partial charge in [-0.1, -0.05) is 0 Å². The second kappa shape index (κ2) is 5.88. The second-order valence-electron chi connectivity index (χ2n) is 4.20. The van der Waals surface area contributed by atoms with Crippen LogP contribution in [0.2, 0.25) is 0 Å². The number of alkyl halides is 3. The number of aryl methyl sites for hydroxylation is 1. The molecule has 7 nitrogen and oxygen atoms in total. The van der Waals surface area contributed by atoms with Gasteiger partial charge in [-0.25, -0.2) is 4.98 Å². The highest BCUT2D eigenvalue weighted by Crippen LogP contribution is 2.29. The van der Waals surface area contributed by atoms with E-state index >= 15 is 0 Å². The van der Waals surface area contributed by atoms with Crippen molar-refractivity contribution in [3.8, 4) is 0 Å². The Morgan fingerprint density at radius 2 is 2.00 bits per heavy atom. The van der Waals surface area contributed by atoms with Crippen LogP contribution in [-0.2, 0) is 0 Å². The van der Waals surface area contributed by atoms with Gasteiger partial charge in [0.05, 0.1) is 11.3 Å². The minimum Gasteiger partial charge on any atom is -0.361 e. The van der Waals surface area contributed by atoms with Crippen LogP contribution in [0, 0.1) is 17.0 Å². The Morgan fingerprint density at radius 1 is 1.40 bits per heavy atom. The lowest BCUT2D eigenvalue weighted by molar-refractivity contribution is -0.385. The van der Waals surface area contributed by atoms with Gasteiger partial charge in [-0.2, -0.15) is 18.2 Å². The van der Waals surface area contributed by atoms with Crippen LogP contribution in [0.5, 0.6) is 0 Å². The molecule has 0 aromatic carbocycles.